The number of rotatable bonds is 8. The fourth-order valence-corrected chi connectivity index (χ4v) is 2.42. The second kappa shape index (κ2) is 8.25. The minimum Gasteiger partial charge on any atom is -0.329 e. The smallest absolute Gasteiger partial charge is 0.0488 e. The average Bonchev–Trinajstić information content (AvgIpc) is 2.39. The van der Waals surface area contributed by atoms with E-state index in [1.807, 2.05) is 12.4 Å². The van der Waals surface area contributed by atoms with Gasteiger partial charge in [-0.05, 0) is 57.7 Å². The molecule has 1 aromatic rings. The number of hydrogen-bond donors (Lipinski definition) is 1. The molecule has 0 bridgehead atoms. The van der Waals surface area contributed by atoms with Crippen molar-refractivity contribution >= 4 is 0 Å². The van der Waals surface area contributed by atoms with Gasteiger partial charge in [-0.15, -0.1) is 0 Å². The van der Waals surface area contributed by atoms with Crippen LogP contribution in [0.5, 0.6) is 0 Å². The zero-order valence-corrected chi connectivity index (χ0v) is 12.8. The van der Waals surface area contributed by atoms with Gasteiger partial charge in [0.25, 0.3) is 0 Å². The normalized spacial score (nSPS) is 13.2. The highest BCUT2D eigenvalue weighted by atomic mass is 15.2. The molecular formula is C15H28N4. The van der Waals surface area contributed by atoms with Gasteiger partial charge < -0.3 is 10.6 Å². The Labute approximate surface area is 117 Å². The number of hydrogen-bond acceptors (Lipinski definition) is 4. The maximum atomic E-state index is 6.00. The fourth-order valence-electron chi connectivity index (χ4n) is 2.42. The summed E-state index contributed by atoms with van der Waals surface area (Å²) in [4.78, 5) is 8.92. The van der Waals surface area contributed by atoms with Crippen molar-refractivity contribution in [3.8, 4) is 0 Å². The molecule has 0 radical (unpaired) electrons. The lowest BCUT2D eigenvalue weighted by molar-refractivity contribution is 0.200. The van der Waals surface area contributed by atoms with Gasteiger partial charge in [-0.3, -0.25) is 9.88 Å². The largest absolute Gasteiger partial charge is 0.329 e. The van der Waals surface area contributed by atoms with Crippen LogP contribution in [0, 0.1) is 6.92 Å². The molecule has 0 aliphatic carbocycles. The van der Waals surface area contributed by atoms with Crippen LogP contribution >= 0.6 is 0 Å². The molecule has 2 N–H and O–H groups in total. The molecule has 0 saturated carbocycles. The van der Waals surface area contributed by atoms with Crippen LogP contribution in [-0.2, 0) is 0 Å². The van der Waals surface area contributed by atoms with E-state index in [-0.39, 0.29) is 6.04 Å². The summed E-state index contributed by atoms with van der Waals surface area (Å²) in [6.45, 7) is 8.17. The van der Waals surface area contributed by atoms with Crippen LogP contribution in [0.15, 0.2) is 18.5 Å². The molecule has 0 aliphatic heterocycles. The topological polar surface area (TPSA) is 45.4 Å². The number of aromatic nitrogens is 1. The van der Waals surface area contributed by atoms with Crippen LogP contribution < -0.4 is 5.73 Å². The highest BCUT2D eigenvalue weighted by Crippen LogP contribution is 2.22. The zero-order chi connectivity index (χ0) is 14.3. The third-order valence-corrected chi connectivity index (χ3v) is 3.56. The molecule has 0 fully saturated rings. The van der Waals surface area contributed by atoms with Gasteiger partial charge in [0.15, 0.2) is 0 Å². The number of likely N-dealkylation sites (N-methyl/N-ethyl adjacent to an activating group) is 1. The Morgan fingerprint density at radius 1 is 1.32 bits per heavy atom. The third-order valence-electron chi connectivity index (χ3n) is 3.56. The molecule has 1 atom stereocenters. The van der Waals surface area contributed by atoms with Gasteiger partial charge >= 0.3 is 0 Å². The average molecular weight is 264 g/mol. The molecule has 1 heterocycles. The molecule has 1 aromatic heterocycles. The van der Waals surface area contributed by atoms with E-state index in [1.54, 1.807) is 0 Å². The highest BCUT2D eigenvalue weighted by molar-refractivity contribution is 5.25. The Kier molecular flexibility index (Phi) is 6.99. The summed E-state index contributed by atoms with van der Waals surface area (Å²) < 4.78 is 0. The summed E-state index contributed by atoms with van der Waals surface area (Å²) in [5.41, 5.74) is 8.54. The van der Waals surface area contributed by atoms with Crippen LogP contribution in [0.2, 0.25) is 0 Å². The first-order valence-electron chi connectivity index (χ1n) is 7.09. The molecule has 4 nitrogen and oxygen atoms in total. The molecule has 19 heavy (non-hydrogen) atoms. The molecule has 0 aromatic carbocycles. The van der Waals surface area contributed by atoms with Crippen LogP contribution in [-0.4, -0.2) is 55.1 Å². The van der Waals surface area contributed by atoms with Gasteiger partial charge in [0.1, 0.15) is 0 Å². The maximum Gasteiger partial charge on any atom is 0.0488 e. The van der Waals surface area contributed by atoms with E-state index in [0.29, 0.717) is 6.54 Å². The summed E-state index contributed by atoms with van der Waals surface area (Å²) in [6, 6.07) is 2.34. The molecule has 108 valence electrons. The summed E-state index contributed by atoms with van der Waals surface area (Å²) in [5.74, 6) is 0. The second-order valence-electron chi connectivity index (χ2n) is 5.27. The monoisotopic (exact) mass is 264 g/mol. The van der Waals surface area contributed by atoms with Gasteiger partial charge in [0.2, 0.25) is 0 Å². The predicted octanol–water partition coefficient (Wildman–Crippen LogP) is 1.66. The summed E-state index contributed by atoms with van der Waals surface area (Å²) in [7, 11) is 4.23. The van der Waals surface area contributed by atoms with E-state index in [9.17, 15) is 0 Å². The van der Waals surface area contributed by atoms with Crippen LogP contribution in [0.4, 0.5) is 0 Å². The van der Waals surface area contributed by atoms with Crippen molar-refractivity contribution < 1.29 is 0 Å². The molecular weight excluding hydrogens is 236 g/mol. The first kappa shape index (κ1) is 16.1. The van der Waals surface area contributed by atoms with Crippen LogP contribution in [0.25, 0.3) is 0 Å². The molecule has 0 saturated heterocycles. The van der Waals surface area contributed by atoms with E-state index < -0.39 is 0 Å². The van der Waals surface area contributed by atoms with Gasteiger partial charge in [0.05, 0.1) is 0 Å². The highest BCUT2D eigenvalue weighted by Gasteiger charge is 2.19. The van der Waals surface area contributed by atoms with E-state index in [0.717, 1.165) is 26.1 Å². The Balaban J connectivity index is 2.73. The molecule has 0 amide bonds. The minimum atomic E-state index is 0.279. The Bertz CT molecular complexity index is 365. The SMILES string of the molecule is CCN(CCCN(C)C)C(CN)c1cnccc1C. The fraction of sp³-hybridized carbons (Fsp3) is 0.667. The van der Waals surface area contributed by atoms with E-state index in [2.05, 4.69) is 48.8 Å². The number of aryl methyl sites for hydroxylation is 1. The summed E-state index contributed by atoms with van der Waals surface area (Å²) in [5, 5.41) is 0. The number of pyridine rings is 1. The Morgan fingerprint density at radius 3 is 2.58 bits per heavy atom. The molecule has 1 rings (SSSR count). The molecule has 0 spiro atoms. The van der Waals surface area contributed by atoms with Crippen molar-refractivity contribution in [1.82, 2.24) is 14.8 Å². The van der Waals surface area contributed by atoms with Gasteiger partial charge in [-0.1, -0.05) is 6.92 Å². The quantitative estimate of drug-likeness (QED) is 0.776. The van der Waals surface area contributed by atoms with Crippen LogP contribution in [0.1, 0.15) is 30.5 Å². The lowest BCUT2D eigenvalue weighted by atomic mass is 10.0. The maximum absolute atomic E-state index is 6.00. The second-order valence-corrected chi connectivity index (χ2v) is 5.27. The summed E-state index contributed by atoms with van der Waals surface area (Å²) >= 11 is 0. The van der Waals surface area contributed by atoms with E-state index in [1.165, 1.54) is 11.1 Å². The van der Waals surface area contributed by atoms with E-state index in [4.69, 9.17) is 5.73 Å². The van der Waals surface area contributed by atoms with Crippen LogP contribution in [0.3, 0.4) is 0 Å². The predicted molar refractivity (Wildman–Crippen MR) is 81.2 cm³/mol. The summed E-state index contributed by atoms with van der Waals surface area (Å²) in [6.07, 6.45) is 4.97. The van der Waals surface area contributed by atoms with E-state index >= 15 is 0 Å². The Hall–Kier alpha value is -0.970. The van der Waals surface area contributed by atoms with Crippen molar-refractivity contribution in [3.05, 3.63) is 29.6 Å². The van der Waals surface area contributed by atoms with Crippen molar-refractivity contribution in [2.45, 2.75) is 26.3 Å². The van der Waals surface area contributed by atoms with Crippen molar-refractivity contribution in [2.24, 2.45) is 5.73 Å². The lowest BCUT2D eigenvalue weighted by Crippen LogP contribution is -2.36. The third kappa shape index (κ3) is 4.90. The minimum absolute atomic E-state index is 0.279. The first-order valence-corrected chi connectivity index (χ1v) is 7.09. The van der Waals surface area contributed by atoms with Crippen molar-refractivity contribution in [3.63, 3.8) is 0 Å². The van der Waals surface area contributed by atoms with Crippen molar-refractivity contribution in [1.29, 1.82) is 0 Å². The molecule has 4 heteroatoms. The standard InChI is InChI=1S/C15H28N4/c1-5-19(10-6-9-18(3)4)15(11-16)14-12-17-8-7-13(14)2/h7-8,12,15H,5-6,9-11,16H2,1-4H3. The van der Waals surface area contributed by atoms with Gasteiger partial charge in [-0.25, -0.2) is 0 Å². The molecule has 1 unspecified atom stereocenters. The van der Waals surface area contributed by atoms with Gasteiger partial charge in [-0.2, -0.15) is 0 Å². The number of nitrogens with two attached hydrogens (primary N) is 1. The first-order chi connectivity index (χ1) is 9.10. The molecule has 0 aliphatic rings. The zero-order valence-electron chi connectivity index (χ0n) is 12.8. The Morgan fingerprint density at radius 2 is 2.05 bits per heavy atom. The lowest BCUT2D eigenvalue weighted by Gasteiger charge is -2.31. The number of nitrogens with zero attached hydrogens (tertiary/aromatic N) is 3. The van der Waals surface area contributed by atoms with Crippen molar-refractivity contribution in [2.75, 3.05) is 40.3 Å². The van der Waals surface area contributed by atoms with Gasteiger partial charge in [0, 0.05) is 31.5 Å².